The lowest BCUT2D eigenvalue weighted by molar-refractivity contribution is -0.107. The third kappa shape index (κ3) is 2.22. The van der Waals surface area contributed by atoms with Crippen LogP contribution in [0.5, 0.6) is 0 Å². The molecule has 3 heteroatoms. The van der Waals surface area contributed by atoms with Crippen LogP contribution in [0, 0.1) is 0 Å². The molecule has 0 bridgehead atoms. The Morgan fingerprint density at radius 2 is 2.14 bits per heavy atom. The van der Waals surface area contributed by atoms with Crippen LogP contribution in [0.4, 0.5) is 0 Å². The Balaban J connectivity index is 3.12. The molecule has 0 aromatic carbocycles. The van der Waals surface area contributed by atoms with E-state index in [1.807, 2.05) is 17.8 Å². The Hall–Kier alpha value is -1.12. The summed E-state index contributed by atoms with van der Waals surface area (Å²) >= 11 is 0. The zero-order valence-corrected chi connectivity index (χ0v) is 9.37. The normalized spacial score (nSPS) is 11.7. The van der Waals surface area contributed by atoms with Gasteiger partial charge in [-0.1, -0.05) is 20.8 Å². The van der Waals surface area contributed by atoms with Crippen molar-refractivity contribution in [2.45, 2.75) is 46.1 Å². The summed E-state index contributed by atoms with van der Waals surface area (Å²) in [4.78, 5) is 10.5. The smallest absolute Gasteiger partial charge is 0.124 e. The molecule has 78 valence electrons. The number of carbonyl (C=O) groups excluding carboxylic acids is 1. The number of rotatable bonds is 3. The van der Waals surface area contributed by atoms with E-state index in [2.05, 4.69) is 25.9 Å². The maximum absolute atomic E-state index is 10.5. The number of aldehydes is 1. The molecule has 1 heterocycles. The second kappa shape index (κ2) is 3.95. The highest BCUT2D eigenvalue weighted by molar-refractivity contribution is 5.55. The van der Waals surface area contributed by atoms with Gasteiger partial charge in [-0.15, -0.1) is 0 Å². The van der Waals surface area contributed by atoms with E-state index in [0.717, 1.165) is 24.1 Å². The zero-order chi connectivity index (χ0) is 10.8. The fraction of sp³-hybridized carbons (Fsp3) is 0.636. The second-order valence-corrected chi connectivity index (χ2v) is 4.48. The van der Waals surface area contributed by atoms with E-state index in [1.54, 1.807) is 0 Å². The molecule has 1 aromatic rings. The molecule has 0 saturated heterocycles. The van der Waals surface area contributed by atoms with Crippen LogP contribution in [-0.4, -0.2) is 16.1 Å². The summed E-state index contributed by atoms with van der Waals surface area (Å²) in [6, 6.07) is 0. The minimum absolute atomic E-state index is 0.0127. The molecule has 0 aliphatic heterocycles. The van der Waals surface area contributed by atoms with Crippen LogP contribution in [-0.2, 0) is 23.2 Å². The van der Waals surface area contributed by atoms with Crippen LogP contribution in [0.3, 0.4) is 0 Å². The van der Waals surface area contributed by atoms with E-state index in [1.165, 1.54) is 0 Å². The SMILES string of the molecule is CCn1cc(CC=O)c(C(C)(C)C)n1. The first-order chi connectivity index (χ1) is 6.49. The Labute approximate surface area is 85.1 Å². The average molecular weight is 194 g/mol. The van der Waals surface area contributed by atoms with Crippen molar-refractivity contribution in [2.75, 3.05) is 0 Å². The molecule has 0 N–H and O–H groups in total. The van der Waals surface area contributed by atoms with Crippen LogP contribution in [0.15, 0.2) is 6.20 Å². The number of hydrogen-bond acceptors (Lipinski definition) is 2. The summed E-state index contributed by atoms with van der Waals surface area (Å²) in [6.45, 7) is 9.24. The van der Waals surface area contributed by atoms with Gasteiger partial charge in [0.1, 0.15) is 6.29 Å². The highest BCUT2D eigenvalue weighted by Crippen LogP contribution is 2.24. The van der Waals surface area contributed by atoms with E-state index in [0.29, 0.717) is 6.42 Å². The van der Waals surface area contributed by atoms with Gasteiger partial charge in [0.2, 0.25) is 0 Å². The second-order valence-electron chi connectivity index (χ2n) is 4.48. The van der Waals surface area contributed by atoms with Gasteiger partial charge in [-0.05, 0) is 6.92 Å². The largest absolute Gasteiger partial charge is 0.303 e. The van der Waals surface area contributed by atoms with Gasteiger partial charge in [0.05, 0.1) is 5.69 Å². The van der Waals surface area contributed by atoms with Gasteiger partial charge in [-0.3, -0.25) is 4.68 Å². The molecule has 0 saturated carbocycles. The van der Waals surface area contributed by atoms with Crippen molar-refractivity contribution in [2.24, 2.45) is 0 Å². The lowest BCUT2D eigenvalue weighted by atomic mass is 9.89. The first-order valence-corrected chi connectivity index (χ1v) is 4.99. The summed E-state index contributed by atoms with van der Waals surface area (Å²) in [7, 11) is 0. The van der Waals surface area contributed by atoms with Gasteiger partial charge in [0, 0.05) is 30.1 Å². The summed E-state index contributed by atoms with van der Waals surface area (Å²) in [5, 5.41) is 4.48. The minimum atomic E-state index is 0.0127. The molecule has 0 unspecified atom stereocenters. The molecule has 0 aliphatic carbocycles. The van der Waals surface area contributed by atoms with E-state index in [4.69, 9.17) is 0 Å². The Morgan fingerprint density at radius 3 is 2.57 bits per heavy atom. The van der Waals surface area contributed by atoms with Crippen LogP contribution < -0.4 is 0 Å². The van der Waals surface area contributed by atoms with Crippen molar-refractivity contribution in [3.63, 3.8) is 0 Å². The topological polar surface area (TPSA) is 34.9 Å². The average Bonchev–Trinajstić information content (AvgIpc) is 2.48. The molecule has 14 heavy (non-hydrogen) atoms. The third-order valence-electron chi connectivity index (χ3n) is 2.18. The van der Waals surface area contributed by atoms with Crippen LogP contribution in [0.25, 0.3) is 0 Å². The molecule has 0 fully saturated rings. The van der Waals surface area contributed by atoms with Gasteiger partial charge in [-0.2, -0.15) is 5.10 Å². The number of carbonyl (C=O) groups is 1. The van der Waals surface area contributed by atoms with Crippen LogP contribution in [0.2, 0.25) is 0 Å². The standard InChI is InChI=1S/C11H18N2O/c1-5-13-8-9(6-7-14)10(12-13)11(2,3)4/h7-8H,5-6H2,1-4H3. The summed E-state index contributed by atoms with van der Waals surface area (Å²) in [5.74, 6) is 0. The van der Waals surface area contributed by atoms with E-state index < -0.39 is 0 Å². The minimum Gasteiger partial charge on any atom is -0.303 e. The fourth-order valence-electron chi connectivity index (χ4n) is 1.50. The van der Waals surface area contributed by atoms with Gasteiger partial charge >= 0.3 is 0 Å². The number of aryl methyl sites for hydroxylation is 1. The molecule has 1 rings (SSSR count). The molecule has 0 atom stereocenters. The summed E-state index contributed by atoms with van der Waals surface area (Å²) in [6.07, 6.45) is 3.37. The molecular weight excluding hydrogens is 176 g/mol. The fourth-order valence-corrected chi connectivity index (χ4v) is 1.50. The third-order valence-corrected chi connectivity index (χ3v) is 2.18. The predicted molar refractivity (Wildman–Crippen MR) is 56.4 cm³/mol. The first-order valence-electron chi connectivity index (χ1n) is 4.99. The van der Waals surface area contributed by atoms with Gasteiger partial charge in [0.25, 0.3) is 0 Å². The van der Waals surface area contributed by atoms with Crippen molar-refractivity contribution in [1.29, 1.82) is 0 Å². The van der Waals surface area contributed by atoms with E-state index >= 15 is 0 Å². The number of hydrogen-bond donors (Lipinski definition) is 0. The van der Waals surface area contributed by atoms with Crippen molar-refractivity contribution in [1.82, 2.24) is 9.78 Å². The predicted octanol–water partition coefficient (Wildman–Crippen LogP) is 1.94. The lowest BCUT2D eigenvalue weighted by Gasteiger charge is -2.16. The van der Waals surface area contributed by atoms with Gasteiger partial charge in [0.15, 0.2) is 0 Å². The van der Waals surface area contributed by atoms with Crippen LogP contribution >= 0.6 is 0 Å². The Kier molecular flexibility index (Phi) is 3.09. The van der Waals surface area contributed by atoms with E-state index in [-0.39, 0.29) is 5.41 Å². The highest BCUT2D eigenvalue weighted by Gasteiger charge is 2.21. The van der Waals surface area contributed by atoms with Crippen LogP contribution in [0.1, 0.15) is 39.0 Å². The molecular formula is C11H18N2O. The monoisotopic (exact) mass is 194 g/mol. The Morgan fingerprint density at radius 1 is 1.50 bits per heavy atom. The summed E-state index contributed by atoms with van der Waals surface area (Å²) < 4.78 is 1.89. The molecule has 1 aromatic heterocycles. The van der Waals surface area contributed by atoms with Gasteiger partial charge in [-0.25, -0.2) is 0 Å². The van der Waals surface area contributed by atoms with Crippen molar-refractivity contribution in [3.8, 4) is 0 Å². The molecule has 3 nitrogen and oxygen atoms in total. The van der Waals surface area contributed by atoms with Crippen molar-refractivity contribution < 1.29 is 4.79 Å². The van der Waals surface area contributed by atoms with Crippen molar-refractivity contribution in [3.05, 3.63) is 17.5 Å². The molecule has 0 radical (unpaired) electrons. The number of nitrogens with zero attached hydrogens (tertiary/aromatic N) is 2. The highest BCUT2D eigenvalue weighted by atomic mass is 16.1. The molecule has 0 spiro atoms. The molecule has 0 aliphatic rings. The van der Waals surface area contributed by atoms with Gasteiger partial charge < -0.3 is 4.79 Å². The maximum Gasteiger partial charge on any atom is 0.124 e. The molecule has 0 amide bonds. The first kappa shape index (κ1) is 11.0. The zero-order valence-electron chi connectivity index (χ0n) is 9.37. The van der Waals surface area contributed by atoms with E-state index in [9.17, 15) is 4.79 Å². The van der Waals surface area contributed by atoms with Crippen molar-refractivity contribution >= 4 is 6.29 Å². The quantitative estimate of drug-likeness (QED) is 0.689. The summed E-state index contributed by atoms with van der Waals surface area (Å²) in [5.41, 5.74) is 2.10. The Bertz CT molecular complexity index is 321. The number of aromatic nitrogens is 2. The maximum atomic E-state index is 10.5. The lowest BCUT2D eigenvalue weighted by Crippen LogP contribution is -2.15.